The minimum absolute atomic E-state index is 0.261. The van der Waals surface area contributed by atoms with Crippen LogP contribution in [-0.4, -0.2) is 23.2 Å². The Morgan fingerprint density at radius 1 is 1.05 bits per heavy atom. The van der Waals surface area contributed by atoms with Gasteiger partial charge in [0.2, 0.25) is 0 Å². The van der Waals surface area contributed by atoms with Crippen LogP contribution in [0.1, 0.15) is 25.5 Å². The van der Waals surface area contributed by atoms with Crippen molar-refractivity contribution in [2.45, 2.75) is 19.8 Å². The van der Waals surface area contributed by atoms with Crippen molar-refractivity contribution in [3.63, 3.8) is 0 Å². The molecule has 2 aromatic rings. The predicted molar refractivity (Wildman–Crippen MR) is 82.6 cm³/mol. The van der Waals surface area contributed by atoms with Gasteiger partial charge in [0.05, 0.1) is 5.02 Å². The van der Waals surface area contributed by atoms with Crippen LogP contribution < -0.4 is 9.47 Å². The lowest BCUT2D eigenvalue weighted by molar-refractivity contribution is 0.172. The van der Waals surface area contributed by atoms with Gasteiger partial charge in [-0.1, -0.05) is 37.0 Å². The van der Waals surface area contributed by atoms with E-state index in [0.717, 1.165) is 11.3 Å². The molecule has 0 saturated heterocycles. The second-order valence-corrected chi connectivity index (χ2v) is 5.87. The van der Waals surface area contributed by atoms with E-state index < -0.39 is 0 Å². The summed E-state index contributed by atoms with van der Waals surface area (Å²) in [5, 5.41) is 0.895. The van der Waals surface area contributed by atoms with Gasteiger partial charge in [0.25, 0.3) is 0 Å². The van der Waals surface area contributed by atoms with Gasteiger partial charge in [-0.2, -0.15) is 0 Å². The van der Waals surface area contributed by atoms with Crippen LogP contribution in [0.25, 0.3) is 11.4 Å². The normalized spacial score (nSPS) is 13.6. The van der Waals surface area contributed by atoms with E-state index in [-0.39, 0.29) is 5.92 Å². The largest absolute Gasteiger partial charge is 0.486 e. The molecule has 1 aromatic carbocycles. The Balaban J connectivity index is 2.10. The number of rotatable bonds is 2. The summed E-state index contributed by atoms with van der Waals surface area (Å²) in [6.45, 7) is 5.11. The molecule has 1 aliphatic rings. The molecular weight excluding hydrogens is 311 g/mol. The lowest BCUT2D eigenvalue weighted by Crippen LogP contribution is -2.15. The standard InChI is InChI=1S/C15H14Cl2N2O2/c1-8(2)11-7-13(17)19-15(18-11)9-5-10(16)14-12(6-9)20-3-4-21-14/h5-8H,3-4H2,1-2H3. The molecule has 0 atom stereocenters. The van der Waals surface area contributed by atoms with Gasteiger partial charge in [-0.25, -0.2) is 9.97 Å². The minimum atomic E-state index is 0.261. The number of hydrogen-bond donors (Lipinski definition) is 0. The summed E-state index contributed by atoms with van der Waals surface area (Å²) >= 11 is 12.3. The number of fused-ring (bicyclic) bond motifs is 1. The molecular formula is C15H14Cl2N2O2. The van der Waals surface area contributed by atoms with Crippen molar-refractivity contribution in [2.24, 2.45) is 0 Å². The third-order valence-electron chi connectivity index (χ3n) is 3.16. The van der Waals surface area contributed by atoms with E-state index in [2.05, 4.69) is 23.8 Å². The zero-order valence-electron chi connectivity index (χ0n) is 11.7. The van der Waals surface area contributed by atoms with Gasteiger partial charge in [-0.3, -0.25) is 0 Å². The highest BCUT2D eigenvalue weighted by Gasteiger charge is 2.19. The number of halogens is 2. The Labute approximate surface area is 133 Å². The molecule has 0 aliphatic carbocycles. The molecule has 0 spiro atoms. The Morgan fingerprint density at radius 3 is 2.57 bits per heavy atom. The molecule has 4 nitrogen and oxygen atoms in total. The number of benzene rings is 1. The Hall–Kier alpha value is -1.52. The van der Waals surface area contributed by atoms with Gasteiger partial charge in [0.1, 0.15) is 18.4 Å². The van der Waals surface area contributed by atoms with Gasteiger partial charge in [0.15, 0.2) is 17.3 Å². The summed E-state index contributed by atoms with van der Waals surface area (Å²) in [6, 6.07) is 5.37. The highest BCUT2D eigenvalue weighted by Crippen LogP contribution is 2.40. The first-order chi connectivity index (χ1) is 10.0. The van der Waals surface area contributed by atoms with Gasteiger partial charge >= 0.3 is 0 Å². The molecule has 0 bridgehead atoms. The first kappa shape index (κ1) is 14.4. The molecule has 3 rings (SSSR count). The average Bonchev–Trinajstić information content (AvgIpc) is 2.46. The highest BCUT2D eigenvalue weighted by atomic mass is 35.5. The summed E-state index contributed by atoms with van der Waals surface area (Å²) in [5.41, 5.74) is 1.64. The number of nitrogens with zero attached hydrogens (tertiary/aromatic N) is 2. The van der Waals surface area contributed by atoms with Crippen LogP contribution >= 0.6 is 23.2 Å². The fraction of sp³-hybridized carbons (Fsp3) is 0.333. The van der Waals surface area contributed by atoms with Crippen LogP contribution in [0.2, 0.25) is 10.2 Å². The Morgan fingerprint density at radius 2 is 1.81 bits per heavy atom. The topological polar surface area (TPSA) is 44.2 Å². The second-order valence-electron chi connectivity index (χ2n) is 5.08. The van der Waals surface area contributed by atoms with Crippen molar-refractivity contribution < 1.29 is 9.47 Å². The fourth-order valence-electron chi connectivity index (χ4n) is 2.10. The number of aromatic nitrogens is 2. The highest BCUT2D eigenvalue weighted by molar-refractivity contribution is 6.32. The van der Waals surface area contributed by atoms with Crippen LogP contribution in [0.15, 0.2) is 18.2 Å². The summed E-state index contributed by atoms with van der Waals surface area (Å²) in [5.74, 6) is 1.97. The maximum Gasteiger partial charge on any atom is 0.179 e. The molecule has 1 aliphatic heterocycles. The molecule has 21 heavy (non-hydrogen) atoms. The third-order valence-corrected chi connectivity index (χ3v) is 3.64. The third kappa shape index (κ3) is 2.92. The minimum Gasteiger partial charge on any atom is -0.486 e. The lowest BCUT2D eigenvalue weighted by atomic mass is 10.1. The molecule has 0 N–H and O–H groups in total. The quantitative estimate of drug-likeness (QED) is 0.770. The van der Waals surface area contributed by atoms with Crippen molar-refractivity contribution in [1.29, 1.82) is 0 Å². The van der Waals surface area contributed by atoms with Crippen molar-refractivity contribution >= 4 is 23.2 Å². The van der Waals surface area contributed by atoms with Crippen molar-refractivity contribution in [3.05, 3.63) is 34.1 Å². The monoisotopic (exact) mass is 324 g/mol. The average molecular weight is 325 g/mol. The van der Waals surface area contributed by atoms with Gasteiger partial charge in [-0.15, -0.1) is 0 Å². The van der Waals surface area contributed by atoms with Gasteiger partial charge < -0.3 is 9.47 Å². The van der Waals surface area contributed by atoms with Gasteiger partial charge in [0, 0.05) is 11.3 Å². The SMILES string of the molecule is CC(C)c1cc(Cl)nc(-c2cc(Cl)c3c(c2)OCCO3)n1. The van der Waals surface area contributed by atoms with E-state index in [1.54, 1.807) is 12.1 Å². The van der Waals surface area contributed by atoms with Crippen LogP contribution in [-0.2, 0) is 0 Å². The van der Waals surface area contributed by atoms with Crippen molar-refractivity contribution in [3.8, 4) is 22.9 Å². The smallest absolute Gasteiger partial charge is 0.179 e. The maximum atomic E-state index is 6.25. The van der Waals surface area contributed by atoms with Crippen molar-refractivity contribution in [2.75, 3.05) is 13.2 Å². The van der Waals surface area contributed by atoms with E-state index >= 15 is 0 Å². The summed E-state index contributed by atoms with van der Waals surface area (Å²) in [7, 11) is 0. The zero-order valence-corrected chi connectivity index (χ0v) is 13.2. The zero-order chi connectivity index (χ0) is 15.0. The summed E-state index contributed by atoms with van der Waals surface area (Å²) in [6.07, 6.45) is 0. The predicted octanol–water partition coefficient (Wildman–Crippen LogP) is 4.35. The molecule has 0 radical (unpaired) electrons. The van der Waals surface area contributed by atoms with E-state index in [4.69, 9.17) is 32.7 Å². The molecule has 6 heteroatoms. The van der Waals surface area contributed by atoms with E-state index in [0.29, 0.717) is 40.7 Å². The second kappa shape index (κ2) is 5.70. The first-order valence-electron chi connectivity index (χ1n) is 6.68. The Kier molecular flexibility index (Phi) is 3.91. The maximum absolute atomic E-state index is 6.25. The van der Waals surface area contributed by atoms with Crippen LogP contribution in [0, 0.1) is 0 Å². The molecule has 0 saturated carbocycles. The van der Waals surface area contributed by atoms with E-state index in [1.165, 1.54) is 0 Å². The van der Waals surface area contributed by atoms with E-state index in [9.17, 15) is 0 Å². The molecule has 2 heterocycles. The van der Waals surface area contributed by atoms with Crippen LogP contribution in [0.5, 0.6) is 11.5 Å². The molecule has 0 unspecified atom stereocenters. The lowest BCUT2D eigenvalue weighted by Gasteiger charge is -2.20. The van der Waals surface area contributed by atoms with Crippen molar-refractivity contribution in [1.82, 2.24) is 9.97 Å². The molecule has 110 valence electrons. The first-order valence-corrected chi connectivity index (χ1v) is 7.44. The number of hydrogen-bond acceptors (Lipinski definition) is 4. The fourth-order valence-corrected chi connectivity index (χ4v) is 2.56. The van der Waals surface area contributed by atoms with Gasteiger partial charge in [-0.05, 0) is 24.1 Å². The summed E-state index contributed by atoms with van der Waals surface area (Å²) in [4.78, 5) is 8.82. The van der Waals surface area contributed by atoms with Crippen LogP contribution in [0.4, 0.5) is 0 Å². The Bertz CT molecular complexity index is 690. The number of ether oxygens (including phenoxy) is 2. The molecule has 1 aromatic heterocycles. The van der Waals surface area contributed by atoms with E-state index in [1.807, 2.05) is 6.07 Å². The molecule has 0 amide bonds. The molecule has 0 fully saturated rings. The van der Waals surface area contributed by atoms with Crippen LogP contribution in [0.3, 0.4) is 0 Å². The summed E-state index contributed by atoms with van der Waals surface area (Å²) < 4.78 is 11.1.